The molecule has 0 aliphatic heterocycles. The molecule has 1 atom stereocenters. The molecule has 3 N–H and O–H groups in total. The number of nitrogen functional groups attached to an aromatic ring is 1. The van der Waals surface area contributed by atoms with Crippen molar-refractivity contribution in [3.8, 4) is 0 Å². The molecular formula is C18H20ClN3O3. The summed E-state index contributed by atoms with van der Waals surface area (Å²) in [4.78, 5) is 23.1. The lowest BCUT2D eigenvalue weighted by Crippen LogP contribution is -2.31. The molecule has 2 aromatic rings. The third kappa shape index (κ3) is 4.09. The average molecular weight is 362 g/mol. The fourth-order valence-electron chi connectivity index (χ4n) is 3.23. The summed E-state index contributed by atoms with van der Waals surface area (Å²) in [7, 11) is 0. The summed E-state index contributed by atoms with van der Waals surface area (Å²) >= 11 is 0. The number of rotatable bonds is 3. The van der Waals surface area contributed by atoms with Gasteiger partial charge in [0.2, 0.25) is 0 Å². The summed E-state index contributed by atoms with van der Waals surface area (Å²) in [6.07, 6.45) is 2.76. The molecule has 3 rings (SSSR count). The number of fused-ring (bicyclic) bond motifs is 1. The minimum atomic E-state index is -0.484. The van der Waals surface area contributed by atoms with Crippen molar-refractivity contribution in [2.45, 2.75) is 32.2 Å². The van der Waals surface area contributed by atoms with E-state index < -0.39 is 4.92 Å². The number of benzene rings is 2. The quantitative estimate of drug-likeness (QED) is 0.494. The number of nitrogens with one attached hydrogen (secondary N) is 1. The number of aryl methyl sites for hydroxylation is 2. The van der Waals surface area contributed by atoms with Crippen molar-refractivity contribution >= 4 is 29.7 Å². The molecule has 1 aliphatic carbocycles. The van der Waals surface area contributed by atoms with E-state index in [-0.39, 0.29) is 30.0 Å². The Kier molecular flexibility index (Phi) is 5.64. The van der Waals surface area contributed by atoms with E-state index in [4.69, 9.17) is 5.73 Å². The van der Waals surface area contributed by atoms with Gasteiger partial charge in [0.05, 0.1) is 11.0 Å². The van der Waals surface area contributed by atoms with E-state index in [9.17, 15) is 14.9 Å². The number of amides is 1. The molecule has 2 aromatic carbocycles. The van der Waals surface area contributed by atoms with Crippen LogP contribution in [0.1, 0.15) is 45.9 Å². The standard InChI is InChI=1S/C18H19N3O3.ClH/c1-11-7-13(10-15(8-11)21(23)24)18(22)20-17-4-2-3-12-9-14(19)5-6-16(12)17;/h5-10,17H,2-4,19H2,1H3,(H,20,22);1H. The lowest BCUT2D eigenvalue weighted by molar-refractivity contribution is -0.384. The number of nitrogens with two attached hydrogens (primary N) is 1. The van der Waals surface area contributed by atoms with Crippen molar-refractivity contribution < 1.29 is 9.72 Å². The average Bonchev–Trinajstić information content (AvgIpc) is 2.54. The molecule has 0 heterocycles. The van der Waals surface area contributed by atoms with Crippen molar-refractivity contribution in [3.05, 3.63) is 68.8 Å². The second-order valence-electron chi connectivity index (χ2n) is 6.19. The lowest BCUT2D eigenvalue weighted by atomic mass is 9.87. The molecule has 0 saturated carbocycles. The first-order valence-corrected chi connectivity index (χ1v) is 7.89. The van der Waals surface area contributed by atoms with Crippen molar-refractivity contribution in [1.82, 2.24) is 5.32 Å². The van der Waals surface area contributed by atoms with Crippen LogP contribution in [-0.2, 0) is 6.42 Å². The number of hydrogen-bond acceptors (Lipinski definition) is 4. The predicted octanol–water partition coefficient (Wildman–Crippen LogP) is 3.71. The molecule has 132 valence electrons. The minimum absolute atomic E-state index is 0. The van der Waals surface area contributed by atoms with E-state index >= 15 is 0 Å². The SMILES string of the molecule is Cc1cc(C(=O)NC2CCCc3cc(N)ccc32)cc([N+](=O)[O-])c1.Cl. The first-order chi connectivity index (χ1) is 11.4. The third-order valence-electron chi connectivity index (χ3n) is 4.32. The van der Waals surface area contributed by atoms with E-state index in [0.717, 1.165) is 36.1 Å². The zero-order valence-electron chi connectivity index (χ0n) is 13.8. The molecule has 1 aliphatic rings. The first-order valence-electron chi connectivity index (χ1n) is 7.89. The van der Waals surface area contributed by atoms with Crippen LogP contribution in [0.25, 0.3) is 0 Å². The van der Waals surface area contributed by atoms with E-state index in [0.29, 0.717) is 11.1 Å². The first kappa shape index (κ1) is 18.7. The zero-order chi connectivity index (χ0) is 17.3. The third-order valence-corrected chi connectivity index (χ3v) is 4.32. The van der Waals surface area contributed by atoms with Crippen molar-refractivity contribution in [2.24, 2.45) is 0 Å². The molecule has 0 spiro atoms. The Hall–Kier alpha value is -2.60. The Morgan fingerprint density at radius 3 is 2.76 bits per heavy atom. The predicted molar refractivity (Wildman–Crippen MR) is 99.1 cm³/mol. The molecule has 1 amide bonds. The molecular weight excluding hydrogens is 342 g/mol. The maximum absolute atomic E-state index is 12.6. The molecule has 6 nitrogen and oxygen atoms in total. The molecule has 0 radical (unpaired) electrons. The van der Waals surface area contributed by atoms with E-state index in [1.165, 1.54) is 12.1 Å². The number of hydrogen-bond donors (Lipinski definition) is 2. The smallest absolute Gasteiger partial charge is 0.270 e. The molecule has 0 saturated heterocycles. The van der Waals surface area contributed by atoms with Gasteiger partial charge in [-0.3, -0.25) is 14.9 Å². The molecule has 0 fully saturated rings. The number of carbonyl (C=O) groups is 1. The van der Waals surface area contributed by atoms with Gasteiger partial charge in [-0.05, 0) is 61.1 Å². The van der Waals surface area contributed by atoms with Gasteiger partial charge in [-0.15, -0.1) is 12.4 Å². The Labute approximate surface area is 152 Å². The maximum atomic E-state index is 12.6. The Morgan fingerprint density at radius 2 is 2.04 bits per heavy atom. The summed E-state index contributed by atoms with van der Waals surface area (Å²) in [6.45, 7) is 1.74. The van der Waals surface area contributed by atoms with Crippen LogP contribution in [0.4, 0.5) is 11.4 Å². The van der Waals surface area contributed by atoms with Gasteiger partial charge in [0.25, 0.3) is 11.6 Å². The van der Waals surface area contributed by atoms with E-state index in [1.54, 1.807) is 13.0 Å². The highest BCUT2D eigenvalue weighted by Gasteiger charge is 2.23. The van der Waals surface area contributed by atoms with E-state index in [2.05, 4.69) is 5.32 Å². The Balaban J connectivity index is 0.00000225. The van der Waals surface area contributed by atoms with Crippen molar-refractivity contribution in [1.29, 1.82) is 0 Å². The second kappa shape index (κ2) is 7.53. The van der Waals surface area contributed by atoms with Crippen LogP contribution in [0, 0.1) is 17.0 Å². The summed E-state index contributed by atoms with van der Waals surface area (Å²) in [5.41, 5.74) is 9.70. The summed E-state index contributed by atoms with van der Waals surface area (Å²) < 4.78 is 0. The molecule has 1 unspecified atom stereocenters. The van der Waals surface area contributed by atoms with Crippen LogP contribution in [0.5, 0.6) is 0 Å². The van der Waals surface area contributed by atoms with E-state index in [1.807, 2.05) is 18.2 Å². The number of nitrogens with zero attached hydrogens (tertiary/aromatic N) is 1. The highest BCUT2D eigenvalue weighted by Crippen LogP contribution is 2.31. The normalized spacial score (nSPS) is 15.6. The number of carbonyl (C=O) groups excluding carboxylic acids is 1. The molecule has 25 heavy (non-hydrogen) atoms. The van der Waals surface area contributed by atoms with Gasteiger partial charge >= 0.3 is 0 Å². The van der Waals surface area contributed by atoms with Crippen LogP contribution in [0.3, 0.4) is 0 Å². The molecule has 0 bridgehead atoms. The topological polar surface area (TPSA) is 98.3 Å². The highest BCUT2D eigenvalue weighted by molar-refractivity contribution is 5.95. The number of nitro groups is 1. The van der Waals surface area contributed by atoms with Gasteiger partial charge in [0.15, 0.2) is 0 Å². The van der Waals surface area contributed by atoms with Gasteiger partial charge in [-0.25, -0.2) is 0 Å². The van der Waals surface area contributed by atoms with Crippen molar-refractivity contribution in [3.63, 3.8) is 0 Å². The Morgan fingerprint density at radius 1 is 1.28 bits per heavy atom. The summed E-state index contributed by atoms with van der Waals surface area (Å²) in [6, 6.07) is 10.1. The largest absolute Gasteiger partial charge is 0.399 e. The van der Waals surface area contributed by atoms with Crippen molar-refractivity contribution in [2.75, 3.05) is 5.73 Å². The van der Waals surface area contributed by atoms with Gasteiger partial charge in [0.1, 0.15) is 0 Å². The number of halogens is 1. The van der Waals surface area contributed by atoms with Gasteiger partial charge in [-0.1, -0.05) is 6.07 Å². The van der Waals surface area contributed by atoms with Crippen LogP contribution in [-0.4, -0.2) is 10.8 Å². The fourth-order valence-corrected chi connectivity index (χ4v) is 3.23. The maximum Gasteiger partial charge on any atom is 0.270 e. The zero-order valence-corrected chi connectivity index (χ0v) is 14.6. The number of anilines is 1. The minimum Gasteiger partial charge on any atom is -0.399 e. The fraction of sp³-hybridized carbons (Fsp3) is 0.278. The van der Waals surface area contributed by atoms with Crippen LogP contribution in [0.2, 0.25) is 0 Å². The van der Waals surface area contributed by atoms with Crippen LogP contribution in [0.15, 0.2) is 36.4 Å². The summed E-state index contributed by atoms with van der Waals surface area (Å²) in [5, 5.41) is 14.0. The molecule has 0 aromatic heterocycles. The number of nitro benzene ring substituents is 1. The highest BCUT2D eigenvalue weighted by atomic mass is 35.5. The lowest BCUT2D eigenvalue weighted by Gasteiger charge is -2.26. The molecule has 7 heteroatoms. The summed E-state index contributed by atoms with van der Waals surface area (Å²) in [5.74, 6) is -0.295. The van der Waals surface area contributed by atoms with Gasteiger partial charge < -0.3 is 11.1 Å². The Bertz CT molecular complexity index is 823. The number of non-ortho nitro benzene ring substituents is 1. The second-order valence-corrected chi connectivity index (χ2v) is 6.19. The monoisotopic (exact) mass is 361 g/mol. The van der Waals surface area contributed by atoms with Gasteiger partial charge in [-0.2, -0.15) is 0 Å². The van der Waals surface area contributed by atoms with Gasteiger partial charge in [0, 0.05) is 23.4 Å². The van der Waals surface area contributed by atoms with Crippen LogP contribution < -0.4 is 11.1 Å². The van der Waals surface area contributed by atoms with Crippen LogP contribution >= 0.6 is 12.4 Å².